The molecular formula is C22H20O6S2Zr. The maximum Gasteiger partial charge on any atom is 0.124 e. The molecule has 2 aromatic carbocycles. The van der Waals surface area contributed by atoms with Crippen LogP contribution in [0.1, 0.15) is 12.8 Å². The second kappa shape index (κ2) is 12.2. The van der Waals surface area contributed by atoms with Crippen molar-refractivity contribution in [3.05, 3.63) is 104 Å². The largest absolute Gasteiger partial charge is 0.744 e. The molecule has 2 aromatic rings. The molecule has 2 aliphatic carbocycles. The van der Waals surface area contributed by atoms with Gasteiger partial charge in [0.25, 0.3) is 0 Å². The third-order valence-electron chi connectivity index (χ3n) is 3.93. The van der Waals surface area contributed by atoms with Crippen molar-refractivity contribution in [2.75, 3.05) is 0 Å². The smallest absolute Gasteiger partial charge is 0.124 e. The summed E-state index contributed by atoms with van der Waals surface area (Å²) in [7, 11) is -8.51. The minimum Gasteiger partial charge on any atom is -0.744 e. The fourth-order valence-corrected chi connectivity index (χ4v) is 6.42. The van der Waals surface area contributed by atoms with Crippen LogP contribution in [0.25, 0.3) is 0 Å². The van der Waals surface area contributed by atoms with Crippen LogP contribution < -0.4 is 0 Å². The molecule has 0 saturated carbocycles. The first-order valence-electron chi connectivity index (χ1n) is 9.16. The first kappa shape index (κ1) is 25.4. The molecule has 0 amide bonds. The van der Waals surface area contributed by atoms with E-state index in [1.54, 1.807) is 18.7 Å². The number of benzene rings is 2. The zero-order chi connectivity index (χ0) is 22.7. The second-order valence-electron chi connectivity index (χ2n) is 6.31. The number of hydrogen-bond acceptors (Lipinski definition) is 6. The molecular weight excluding hydrogens is 516 g/mol. The van der Waals surface area contributed by atoms with Crippen LogP contribution in [0.5, 0.6) is 0 Å². The molecule has 0 unspecified atom stereocenters. The molecule has 0 fully saturated rings. The quantitative estimate of drug-likeness (QED) is 0.548. The molecule has 0 heterocycles. The van der Waals surface area contributed by atoms with Gasteiger partial charge < -0.3 is 9.11 Å². The molecule has 4 rings (SSSR count). The van der Waals surface area contributed by atoms with E-state index in [1.807, 2.05) is 0 Å². The van der Waals surface area contributed by atoms with Gasteiger partial charge in [0.05, 0.1) is 9.79 Å². The molecule has 2 aliphatic rings. The van der Waals surface area contributed by atoms with Gasteiger partial charge in [0.1, 0.15) is 20.2 Å². The number of hydrogen-bond donors (Lipinski definition) is 0. The van der Waals surface area contributed by atoms with Crippen molar-refractivity contribution in [2.24, 2.45) is 0 Å². The van der Waals surface area contributed by atoms with E-state index < -0.39 is 20.2 Å². The Labute approximate surface area is 194 Å². The van der Waals surface area contributed by atoms with Crippen molar-refractivity contribution in [3.63, 3.8) is 0 Å². The SMILES string of the molecule is C1=CC[C]([Zr+2][C]2=CC=CC2)=C1.O=S(=O)([O-])c1ccccc1.O=S(=O)([O-])c1ccccc1. The van der Waals surface area contributed by atoms with E-state index in [1.165, 1.54) is 61.4 Å². The van der Waals surface area contributed by atoms with E-state index in [9.17, 15) is 25.9 Å². The molecule has 6 nitrogen and oxygen atoms in total. The summed E-state index contributed by atoms with van der Waals surface area (Å²) in [6, 6.07) is 14.4. The zero-order valence-electron chi connectivity index (χ0n) is 16.4. The first-order valence-corrected chi connectivity index (χ1v) is 14.4. The summed E-state index contributed by atoms with van der Waals surface area (Å²) >= 11 is -0.312. The van der Waals surface area contributed by atoms with Gasteiger partial charge in [0, 0.05) is 0 Å². The van der Waals surface area contributed by atoms with Gasteiger partial charge in [-0.1, -0.05) is 36.4 Å². The van der Waals surface area contributed by atoms with Gasteiger partial charge in [0.2, 0.25) is 0 Å². The van der Waals surface area contributed by atoms with E-state index in [4.69, 9.17) is 0 Å². The standard InChI is InChI=1S/2C6H6O3S.2C5H5.Zr/c2*7-10(8,9)6-4-2-1-3-5-6;2*1-2-4-5-3-1;/h2*1-5H,(H,7,8,9);2*1-3H,4H2;/q;;;;+2/p-2. The van der Waals surface area contributed by atoms with Crippen LogP contribution in [0.2, 0.25) is 0 Å². The summed E-state index contributed by atoms with van der Waals surface area (Å²) in [6.45, 7) is 0. The summed E-state index contributed by atoms with van der Waals surface area (Å²) in [4.78, 5) is -0.370. The minimum atomic E-state index is -4.25. The molecule has 31 heavy (non-hydrogen) atoms. The van der Waals surface area contributed by atoms with Gasteiger partial charge in [-0.25, -0.2) is 16.8 Å². The zero-order valence-corrected chi connectivity index (χ0v) is 20.5. The van der Waals surface area contributed by atoms with Crippen LogP contribution in [0.3, 0.4) is 0 Å². The fraction of sp³-hybridized carbons (Fsp3) is 0.0909. The maximum absolute atomic E-state index is 10.3. The van der Waals surface area contributed by atoms with E-state index in [0.29, 0.717) is 0 Å². The molecule has 0 atom stereocenters. The average molecular weight is 536 g/mol. The summed E-state index contributed by atoms with van der Waals surface area (Å²) in [5.41, 5.74) is 0. The molecule has 9 heteroatoms. The van der Waals surface area contributed by atoms with E-state index >= 15 is 0 Å². The second-order valence-corrected chi connectivity index (χ2v) is 12.8. The van der Waals surface area contributed by atoms with Crippen LogP contribution in [-0.4, -0.2) is 25.9 Å². The van der Waals surface area contributed by atoms with Gasteiger partial charge >= 0.3 is 79.1 Å². The molecule has 0 aromatic heterocycles. The fourth-order valence-electron chi connectivity index (χ4n) is 2.46. The van der Waals surface area contributed by atoms with E-state index in [2.05, 4.69) is 36.5 Å². The predicted octanol–water partition coefficient (Wildman–Crippen LogP) is 3.94. The number of rotatable bonds is 4. The summed E-state index contributed by atoms with van der Waals surface area (Å²) < 4.78 is 65.1. The Bertz CT molecular complexity index is 1090. The van der Waals surface area contributed by atoms with Gasteiger partial charge in [-0.2, -0.15) is 0 Å². The normalized spacial score (nSPS) is 14.4. The van der Waals surface area contributed by atoms with Gasteiger partial charge in [-0.3, -0.25) is 0 Å². The molecule has 160 valence electrons. The molecule has 0 radical (unpaired) electrons. The Balaban J connectivity index is 0.000000166. The van der Waals surface area contributed by atoms with Gasteiger partial charge in [-0.15, -0.1) is 0 Å². The Kier molecular flexibility index (Phi) is 10.00. The van der Waals surface area contributed by atoms with Crippen molar-refractivity contribution < 1.29 is 49.2 Å². The van der Waals surface area contributed by atoms with Crippen LogP contribution in [0.15, 0.2) is 113 Å². The Morgan fingerprint density at radius 3 is 1.19 bits per heavy atom. The van der Waals surface area contributed by atoms with Crippen LogP contribution in [0.4, 0.5) is 0 Å². The maximum atomic E-state index is 10.3. The van der Waals surface area contributed by atoms with E-state index in [-0.39, 0.29) is 33.0 Å². The van der Waals surface area contributed by atoms with Crippen molar-refractivity contribution in [1.29, 1.82) is 0 Å². The van der Waals surface area contributed by atoms with Crippen LogP contribution >= 0.6 is 0 Å². The van der Waals surface area contributed by atoms with E-state index in [0.717, 1.165) is 0 Å². The number of allylic oxidation sites excluding steroid dienone is 8. The van der Waals surface area contributed by atoms with Gasteiger partial charge in [-0.05, 0) is 24.3 Å². The van der Waals surface area contributed by atoms with Crippen LogP contribution in [0, 0.1) is 0 Å². The van der Waals surface area contributed by atoms with Gasteiger partial charge in [0.15, 0.2) is 0 Å². The van der Waals surface area contributed by atoms with Crippen molar-refractivity contribution in [1.82, 2.24) is 0 Å². The Morgan fingerprint density at radius 1 is 0.613 bits per heavy atom. The molecule has 0 spiro atoms. The topological polar surface area (TPSA) is 114 Å². The predicted molar refractivity (Wildman–Crippen MR) is 112 cm³/mol. The molecule has 0 saturated heterocycles. The minimum absolute atomic E-state index is 0.185. The van der Waals surface area contributed by atoms with Crippen molar-refractivity contribution >= 4 is 20.2 Å². The first-order chi connectivity index (χ1) is 14.7. The van der Waals surface area contributed by atoms with Crippen molar-refractivity contribution in [2.45, 2.75) is 22.6 Å². The Hall–Kier alpha value is -1.90. The van der Waals surface area contributed by atoms with Crippen LogP contribution in [-0.2, 0) is 43.5 Å². The third-order valence-corrected chi connectivity index (χ3v) is 9.03. The Morgan fingerprint density at radius 2 is 0.968 bits per heavy atom. The molecule has 0 aliphatic heterocycles. The molecule has 0 bridgehead atoms. The van der Waals surface area contributed by atoms with Crippen molar-refractivity contribution in [3.8, 4) is 0 Å². The average Bonchev–Trinajstić information content (AvgIpc) is 3.44. The summed E-state index contributed by atoms with van der Waals surface area (Å²) in [5.74, 6) is 0. The monoisotopic (exact) mass is 534 g/mol. The third kappa shape index (κ3) is 9.84. The molecule has 0 N–H and O–H groups in total. The summed E-state index contributed by atoms with van der Waals surface area (Å²) in [5, 5.41) is 0. The summed E-state index contributed by atoms with van der Waals surface area (Å²) in [6.07, 6.45) is 16.0.